The van der Waals surface area contributed by atoms with Crippen molar-refractivity contribution in [1.29, 1.82) is 0 Å². The Morgan fingerprint density at radius 3 is 2.32 bits per heavy atom. The summed E-state index contributed by atoms with van der Waals surface area (Å²) in [5, 5.41) is 28.5. The van der Waals surface area contributed by atoms with Crippen molar-refractivity contribution in [2.45, 2.75) is 96.2 Å². The van der Waals surface area contributed by atoms with Gasteiger partial charge in [-0.2, -0.15) is 0 Å². The first-order valence-electron chi connectivity index (χ1n) is 16.6. The first-order valence-corrected chi connectivity index (χ1v) is 16.6. The van der Waals surface area contributed by atoms with Gasteiger partial charge in [-0.05, 0) is 55.7 Å². The number of carbonyl (C=O) groups is 4. The molecule has 1 aliphatic rings. The lowest BCUT2D eigenvalue weighted by atomic mass is 10.0. The maximum Gasteiger partial charge on any atom is 0.251 e. The van der Waals surface area contributed by atoms with Gasteiger partial charge in [0.1, 0.15) is 24.0 Å². The van der Waals surface area contributed by atoms with Crippen molar-refractivity contribution in [2.24, 2.45) is 0 Å². The minimum Gasteiger partial charge on any atom is -0.463 e. The molecule has 47 heavy (non-hydrogen) atoms. The predicted octanol–water partition coefficient (Wildman–Crippen LogP) is 3.38. The van der Waals surface area contributed by atoms with Crippen LogP contribution in [0.3, 0.4) is 0 Å². The number of rotatable bonds is 19. The summed E-state index contributed by atoms with van der Waals surface area (Å²) in [5.74, 6) is -0.263. The lowest BCUT2D eigenvalue weighted by molar-refractivity contribution is -0.201. The molecule has 0 saturated carbocycles. The van der Waals surface area contributed by atoms with Crippen LogP contribution in [0.1, 0.15) is 82.0 Å². The van der Waals surface area contributed by atoms with Crippen molar-refractivity contribution >= 4 is 29.3 Å². The summed E-state index contributed by atoms with van der Waals surface area (Å²) >= 11 is 0. The molecule has 0 aromatic heterocycles. The highest BCUT2D eigenvalue weighted by Gasteiger charge is 2.40. The number of aliphatic hydroxyl groups excluding tert-OH is 2. The molecule has 4 atom stereocenters. The van der Waals surface area contributed by atoms with Crippen LogP contribution in [-0.2, 0) is 19.1 Å². The van der Waals surface area contributed by atoms with Crippen molar-refractivity contribution < 1.29 is 38.9 Å². The average Bonchev–Trinajstić information content (AvgIpc) is 3.06. The smallest absolute Gasteiger partial charge is 0.251 e. The lowest BCUT2D eigenvalue weighted by Crippen LogP contribution is -2.61. The van der Waals surface area contributed by atoms with Gasteiger partial charge in [-0.15, -0.1) is 0 Å². The Balaban J connectivity index is 1.42. The Kier molecular flexibility index (Phi) is 16.2. The number of amides is 4. The van der Waals surface area contributed by atoms with Crippen LogP contribution in [0.5, 0.6) is 5.75 Å². The van der Waals surface area contributed by atoms with E-state index in [0.29, 0.717) is 43.1 Å². The molecule has 3 rings (SSSR count). The molecule has 2 aromatic carbocycles. The second kappa shape index (κ2) is 20.3. The van der Waals surface area contributed by atoms with E-state index in [0.717, 1.165) is 44.9 Å². The van der Waals surface area contributed by atoms with E-state index in [1.807, 2.05) is 18.2 Å². The highest BCUT2D eigenvalue weighted by atomic mass is 16.7. The normalized spacial score (nSPS) is 19.0. The van der Waals surface area contributed by atoms with Crippen LogP contribution in [0.4, 0.5) is 5.69 Å². The van der Waals surface area contributed by atoms with E-state index >= 15 is 0 Å². The van der Waals surface area contributed by atoms with E-state index in [1.54, 1.807) is 41.3 Å². The average molecular weight is 655 g/mol. The molecule has 1 fully saturated rings. The molecule has 1 heterocycles. The molecule has 258 valence electrons. The second-order valence-electron chi connectivity index (χ2n) is 11.8. The molecule has 0 radical (unpaired) electrons. The molecule has 12 heteroatoms. The number of nitrogens with one attached hydrogen (secondary N) is 3. The standard InChI is InChI=1S/C35H50N4O8/c1-3-4-8-15-31(43)39(22-12-6-5-11-21-36-34(45)26-13-9-7-10-14-26)23-20-30(42)38-27-16-18-28(19-17-27)47-35-32(37-25(2)40)33(44)29(41)24-46-35/h7,9-10,13-14,16-19,29,32-33,35,41,44H,3-6,8,11-12,15,20-24H2,1-2H3,(H,36,45)(H,37,40)(H,38,42)/t29-,32+,33-,35+/m0/s1. The topological polar surface area (TPSA) is 167 Å². The fourth-order valence-corrected chi connectivity index (χ4v) is 5.22. The fraction of sp³-hybridized carbons (Fsp3) is 0.543. The number of unbranched alkanes of at least 4 members (excludes halogenated alkanes) is 5. The Bertz CT molecular complexity index is 1260. The quantitative estimate of drug-likeness (QED) is 0.144. The lowest BCUT2D eigenvalue weighted by Gasteiger charge is -2.38. The number of ether oxygens (including phenoxy) is 2. The Morgan fingerprint density at radius 2 is 1.62 bits per heavy atom. The summed E-state index contributed by atoms with van der Waals surface area (Å²) in [6, 6.07) is 14.7. The van der Waals surface area contributed by atoms with Crippen LogP contribution in [0.25, 0.3) is 0 Å². The number of aliphatic hydroxyl groups is 2. The second-order valence-corrected chi connectivity index (χ2v) is 11.8. The third kappa shape index (κ3) is 13.3. The third-order valence-electron chi connectivity index (χ3n) is 7.88. The number of hydrogen-bond donors (Lipinski definition) is 5. The van der Waals surface area contributed by atoms with Crippen LogP contribution < -0.4 is 20.7 Å². The molecule has 5 N–H and O–H groups in total. The number of anilines is 1. The highest BCUT2D eigenvalue weighted by Crippen LogP contribution is 2.22. The van der Waals surface area contributed by atoms with E-state index in [4.69, 9.17) is 9.47 Å². The van der Waals surface area contributed by atoms with Crippen LogP contribution in [-0.4, -0.2) is 89.5 Å². The van der Waals surface area contributed by atoms with Crippen molar-refractivity contribution in [2.75, 3.05) is 31.6 Å². The van der Waals surface area contributed by atoms with Crippen LogP contribution in [0.15, 0.2) is 54.6 Å². The Labute approximate surface area is 277 Å². The molecule has 0 bridgehead atoms. The Hall–Kier alpha value is -4.00. The molecule has 4 amide bonds. The van der Waals surface area contributed by atoms with Crippen molar-refractivity contribution in [3.05, 3.63) is 60.2 Å². The van der Waals surface area contributed by atoms with Gasteiger partial charge in [0.05, 0.1) is 6.61 Å². The van der Waals surface area contributed by atoms with Gasteiger partial charge < -0.3 is 40.5 Å². The summed E-state index contributed by atoms with van der Waals surface area (Å²) < 4.78 is 11.3. The van der Waals surface area contributed by atoms with Crippen molar-refractivity contribution in [1.82, 2.24) is 15.5 Å². The van der Waals surface area contributed by atoms with Gasteiger partial charge in [-0.25, -0.2) is 0 Å². The maximum absolute atomic E-state index is 13.0. The molecule has 0 spiro atoms. The Morgan fingerprint density at radius 1 is 0.894 bits per heavy atom. The van der Waals surface area contributed by atoms with Crippen LogP contribution in [0, 0.1) is 0 Å². The zero-order chi connectivity index (χ0) is 34.0. The number of benzene rings is 2. The SMILES string of the molecule is CCCCCC(=O)N(CCCCCCNC(=O)c1ccccc1)CCC(=O)Nc1ccc(O[C@H]2OC[C@H](O)[C@H](O)[C@H]2NC(C)=O)cc1. The van der Waals surface area contributed by atoms with Gasteiger partial charge in [-0.1, -0.05) is 50.8 Å². The summed E-state index contributed by atoms with van der Waals surface area (Å²) in [4.78, 5) is 51.3. The van der Waals surface area contributed by atoms with Crippen molar-refractivity contribution in [3.8, 4) is 5.75 Å². The molecule has 12 nitrogen and oxygen atoms in total. The number of carbonyl (C=O) groups excluding carboxylic acids is 4. The van der Waals surface area contributed by atoms with Gasteiger partial charge in [0.15, 0.2) is 0 Å². The fourth-order valence-electron chi connectivity index (χ4n) is 5.22. The summed E-state index contributed by atoms with van der Waals surface area (Å²) in [7, 11) is 0. The van der Waals surface area contributed by atoms with Crippen molar-refractivity contribution in [3.63, 3.8) is 0 Å². The predicted molar refractivity (Wildman–Crippen MR) is 178 cm³/mol. The number of nitrogens with zero attached hydrogens (tertiary/aromatic N) is 1. The van der Waals surface area contributed by atoms with E-state index < -0.39 is 30.4 Å². The van der Waals surface area contributed by atoms with E-state index in [9.17, 15) is 29.4 Å². The molecule has 2 aromatic rings. The molecular weight excluding hydrogens is 604 g/mol. The summed E-state index contributed by atoms with van der Waals surface area (Å²) in [6.45, 7) is 4.74. The van der Waals surface area contributed by atoms with Gasteiger partial charge in [0.2, 0.25) is 24.0 Å². The van der Waals surface area contributed by atoms with E-state index in [1.165, 1.54) is 6.92 Å². The zero-order valence-electron chi connectivity index (χ0n) is 27.5. The summed E-state index contributed by atoms with van der Waals surface area (Å²) in [5.41, 5.74) is 1.19. The van der Waals surface area contributed by atoms with E-state index in [2.05, 4.69) is 22.9 Å². The van der Waals surface area contributed by atoms with E-state index in [-0.39, 0.29) is 30.7 Å². The van der Waals surface area contributed by atoms with Crippen LogP contribution >= 0.6 is 0 Å². The first kappa shape index (κ1) is 37.5. The van der Waals surface area contributed by atoms with Gasteiger partial charge in [-0.3, -0.25) is 19.2 Å². The number of hydrogen-bond acceptors (Lipinski definition) is 8. The zero-order valence-corrected chi connectivity index (χ0v) is 27.5. The summed E-state index contributed by atoms with van der Waals surface area (Å²) in [6.07, 6.45) is 3.53. The highest BCUT2D eigenvalue weighted by molar-refractivity contribution is 5.94. The molecule has 1 aliphatic heterocycles. The van der Waals surface area contributed by atoms with Crippen LogP contribution in [0.2, 0.25) is 0 Å². The molecular formula is C35H50N4O8. The monoisotopic (exact) mass is 654 g/mol. The van der Waals surface area contributed by atoms with Gasteiger partial charge in [0, 0.05) is 50.7 Å². The van der Waals surface area contributed by atoms with Gasteiger partial charge >= 0.3 is 0 Å². The minimum atomic E-state index is -1.26. The molecule has 0 unspecified atom stereocenters. The minimum absolute atomic E-state index is 0.0583. The molecule has 0 aliphatic carbocycles. The van der Waals surface area contributed by atoms with Gasteiger partial charge in [0.25, 0.3) is 5.91 Å². The molecule has 1 saturated heterocycles. The first-order chi connectivity index (χ1) is 22.7. The largest absolute Gasteiger partial charge is 0.463 e. The maximum atomic E-state index is 13.0. The third-order valence-corrected chi connectivity index (χ3v) is 7.88.